The van der Waals surface area contributed by atoms with Gasteiger partial charge in [0.15, 0.2) is 0 Å². The van der Waals surface area contributed by atoms with Crippen LogP contribution in [0.3, 0.4) is 0 Å². The first-order valence-electron chi connectivity index (χ1n) is 2.81. The van der Waals surface area contributed by atoms with E-state index in [1.807, 2.05) is 0 Å². The molecule has 0 radical (unpaired) electrons. The van der Waals surface area contributed by atoms with Crippen molar-refractivity contribution in [3.05, 3.63) is 0 Å². The standard InChI is InChI=1S/C3H11O7PSi/c1-7-12(8-2,9-3)10-11(4,5)6/h1-3H3,(H2,4,5,6). The molecule has 0 aliphatic rings. The van der Waals surface area contributed by atoms with Crippen molar-refractivity contribution in [2.75, 3.05) is 21.3 Å². The fraction of sp³-hybridized carbons (Fsp3) is 1.00. The molecule has 0 bridgehead atoms. The molecular weight excluding hydrogens is 207 g/mol. The summed E-state index contributed by atoms with van der Waals surface area (Å²) in [5.41, 5.74) is 0. The van der Waals surface area contributed by atoms with E-state index in [9.17, 15) is 4.57 Å². The van der Waals surface area contributed by atoms with Crippen LogP contribution in [0.4, 0.5) is 0 Å². The van der Waals surface area contributed by atoms with Crippen LogP contribution in [-0.2, 0) is 22.1 Å². The van der Waals surface area contributed by atoms with Crippen LogP contribution >= 0.6 is 7.82 Å². The topological polar surface area (TPSA) is 94.5 Å². The lowest BCUT2D eigenvalue weighted by atomic mass is 11.8. The Morgan fingerprint density at radius 1 is 1.08 bits per heavy atom. The molecule has 0 fully saturated rings. The molecule has 0 amide bonds. The highest BCUT2D eigenvalue weighted by atomic mass is 31.2. The van der Waals surface area contributed by atoms with E-state index in [4.69, 9.17) is 9.79 Å². The number of rotatable bonds is 5. The van der Waals surface area contributed by atoms with Gasteiger partial charge in [-0.2, -0.15) is 0 Å². The summed E-state index contributed by atoms with van der Waals surface area (Å²) in [7, 11) is -4.74. The van der Waals surface area contributed by atoms with Crippen molar-refractivity contribution >= 4 is 16.9 Å². The SMILES string of the molecule is CO[Si](OC)(OC)OP(=O)(O)O. The van der Waals surface area contributed by atoms with E-state index in [-0.39, 0.29) is 0 Å². The fourth-order valence-corrected chi connectivity index (χ4v) is 3.07. The first-order chi connectivity index (χ1) is 5.39. The van der Waals surface area contributed by atoms with E-state index in [1.165, 1.54) is 21.3 Å². The molecule has 2 N–H and O–H groups in total. The molecule has 0 saturated heterocycles. The molecular formula is C3H11O7PSi. The number of hydrogen-bond acceptors (Lipinski definition) is 5. The summed E-state index contributed by atoms with van der Waals surface area (Å²) in [6, 6.07) is 0. The minimum atomic E-state index is -4.65. The summed E-state index contributed by atoms with van der Waals surface area (Å²) in [5, 5.41) is 0. The van der Waals surface area contributed by atoms with E-state index < -0.39 is 16.9 Å². The first-order valence-corrected chi connectivity index (χ1v) is 5.97. The molecule has 0 heterocycles. The van der Waals surface area contributed by atoms with Crippen LogP contribution in [-0.4, -0.2) is 40.2 Å². The fourth-order valence-electron chi connectivity index (χ4n) is 0.507. The van der Waals surface area contributed by atoms with Crippen LogP contribution < -0.4 is 0 Å². The van der Waals surface area contributed by atoms with Crippen LogP contribution in [0.1, 0.15) is 0 Å². The van der Waals surface area contributed by atoms with Gasteiger partial charge in [0, 0.05) is 21.3 Å². The van der Waals surface area contributed by atoms with Crippen LogP contribution in [0.25, 0.3) is 0 Å². The van der Waals surface area contributed by atoms with Gasteiger partial charge in [-0.1, -0.05) is 0 Å². The van der Waals surface area contributed by atoms with Gasteiger partial charge in [0.25, 0.3) is 0 Å². The monoisotopic (exact) mass is 218 g/mol. The van der Waals surface area contributed by atoms with Gasteiger partial charge in [0.1, 0.15) is 0 Å². The molecule has 0 saturated carbocycles. The summed E-state index contributed by atoms with van der Waals surface area (Å²) in [4.78, 5) is 16.9. The second kappa shape index (κ2) is 4.45. The average Bonchev–Trinajstić information content (AvgIpc) is 1.99. The predicted octanol–water partition coefficient (Wildman–Crippen LogP) is -0.530. The van der Waals surface area contributed by atoms with E-state index in [1.54, 1.807) is 0 Å². The summed E-state index contributed by atoms with van der Waals surface area (Å²) in [6.45, 7) is 0. The van der Waals surface area contributed by atoms with E-state index in [0.29, 0.717) is 0 Å². The average molecular weight is 218 g/mol. The van der Waals surface area contributed by atoms with Crippen molar-refractivity contribution in [1.82, 2.24) is 0 Å². The Morgan fingerprint density at radius 2 is 1.42 bits per heavy atom. The zero-order chi connectivity index (χ0) is 9.83. The highest BCUT2D eigenvalue weighted by Gasteiger charge is 2.48. The highest BCUT2D eigenvalue weighted by Crippen LogP contribution is 2.40. The molecule has 0 unspecified atom stereocenters. The van der Waals surface area contributed by atoms with E-state index in [2.05, 4.69) is 17.5 Å². The van der Waals surface area contributed by atoms with Crippen LogP contribution in [0.5, 0.6) is 0 Å². The Kier molecular flexibility index (Phi) is 4.52. The minimum absolute atomic E-state index is 1.18. The largest absolute Gasteiger partial charge is 0.687 e. The molecule has 0 aromatic heterocycles. The van der Waals surface area contributed by atoms with Gasteiger partial charge in [-0.3, -0.25) is 4.21 Å². The molecule has 0 aliphatic heterocycles. The Balaban J connectivity index is 4.41. The van der Waals surface area contributed by atoms with Gasteiger partial charge in [-0.05, 0) is 0 Å². The third-order valence-corrected chi connectivity index (χ3v) is 4.33. The maximum absolute atomic E-state index is 10.4. The molecule has 7 nitrogen and oxygen atoms in total. The van der Waals surface area contributed by atoms with Gasteiger partial charge in [-0.25, -0.2) is 4.57 Å². The number of phosphoric acid groups is 1. The van der Waals surface area contributed by atoms with E-state index in [0.717, 1.165) is 0 Å². The lowest BCUT2D eigenvalue weighted by Crippen LogP contribution is -2.45. The Labute approximate surface area is 70.9 Å². The van der Waals surface area contributed by atoms with Crippen LogP contribution in [0.15, 0.2) is 0 Å². The lowest BCUT2D eigenvalue weighted by Gasteiger charge is -2.22. The highest BCUT2D eigenvalue weighted by molar-refractivity contribution is 7.47. The summed E-state index contributed by atoms with van der Waals surface area (Å²) >= 11 is 0. The minimum Gasteiger partial charge on any atom is -0.354 e. The normalized spacial score (nSPS) is 13.4. The van der Waals surface area contributed by atoms with E-state index >= 15 is 0 Å². The summed E-state index contributed by atoms with van der Waals surface area (Å²) in [6.07, 6.45) is 0. The van der Waals surface area contributed by atoms with Gasteiger partial charge >= 0.3 is 16.9 Å². The third-order valence-electron chi connectivity index (χ3n) is 0.981. The molecule has 0 aliphatic carbocycles. The molecule has 0 aromatic carbocycles. The van der Waals surface area contributed by atoms with Crippen LogP contribution in [0.2, 0.25) is 0 Å². The van der Waals surface area contributed by atoms with Crippen LogP contribution in [0, 0.1) is 0 Å². The second-order valence-electron chi connectivity index (χ2n) is 1.69. The molecule has 0 rings (SSSR count). The lowest BCUT2D eigenvalue weighted by molar-refractivity contribution is 0.0394. The summed E-state index contributed by atoms with van der Waals surface area (Å²) < 4.78 is 28.4. The quantitative estimate of drug-likeness (QED) is 0.473. The van der Waals surface area contributed by atoms with Gasteiger partial charge in [0.05, 0.1) is 0 Å². The molecule has 0 aromatic rings. The van der Waals surface area contributed by atoms with Gasteiger partial charge in [-0.15, -0.1) is 0 Å². The van der Waals surface area contributed by atoms with Crippen molar-refractivity contribution in [2.45, 2.75) is 0 Å². The third kappa shape index (κ3) is 3.74. The molecule has 74 valence electrons. The second-order valence-corrected chi connectivity index (χ2v) is 5.63. The van der Waals surface area contributed by atoms with Crippen molar-refractivity contribution < 1.29 is 31.8 Å². The maximum Gasteiger partial charge on any atom is 0.687 e. The zero-order valence-electron chi connectivity index (χ0n) is 6.88. The number of hydrogen-bond donors (Lipinski definition) is 2. The van der Waals surface area contributed by atoms with Crippen molar-refractivity contribution in [2.24, 2.45) is 0 Å². The first kappa shape index (κ1) is 12.2. The Hall–Kier alpha value is 0.207. The van der Waals surface area contributed by atoms with Crippen molar-refractivity contribution in [3.63, 3.8) is 0 Å². The molecule has 9 heteroatoms. The van der Waals surface area contributed by atoms with Crippen molar-refractivity contribution in [3.8, 4) is 0 Å². The van der Waals surface area contributed by atoms with Gasteiger partial charge < -0.3 is 23.1 Å². The smallest absolute Gasteiger partial charge is 0.354 e. The molecule has 12 heavy (non-hydrogen) atoms. The summed E-state index contributed by atoms with van der Waals surface area (Å²) in [5.74, 6) is 0. The Morgan fingerprint density at radius 3 is 1.50 bits per heavy atom. The predicted molar refractivity (Wildman–Crippen MR) is 39.9 cm³/mol. The zero-order valence-corrected chi connectivity index (χ0v) is 8.78. The maximum atomic E-state index is 10.4. The van der Waals surface area contributed by atoms with Crippen molar-refractivity contribution in [1.29, 1.82) is 0 Å². The molecule has 0 atom stereocenters. The molecule has 0 spiro atoms. The van der Waals surface area contributed by atoms with Gasteiger partial charge in [0.2, 0.25) is 0 Å². The Bertz CT molecular complexity index is 165.